The summed E-state index contributed by atoms with van der Waals surface area (Å²) in [7, 11) is 0. The lowest BCUT2D eigenvalue weighted by Crippen LogP contribution is -2.22. The third kappa shape index (κ3) is 2.17. The number of aromatic nitrogens is 1. The van der Waals surface area contributed by atoms with Crippen LogP contribution in [0.25, 0.3) is 10.2 Å². The maximum atomic E-state index is 12.1. The molecule has 1 amide bonds. The maximum Gasteiger partial charge on any atom is 0.263 e. The minimum atomic E-state index is -0.211. The van der Waals surface area contributed by atoms with Gasteiger partial charge >= 0.3 is 0 Å². The van der Waals surface area contributed by atoms with Gasteiger partial charge in [-0.25, -0.2) is 4.98 Å². The topological polar surface area (TPSA) is 81.2 Å². The number of nitrogens with one attached hydrogen (secondary N) is 1. The first-order chi connectivity index (χ1) is 9.25. The van der Waals surface area contributed by atoms with Gasteiger partial charge in [0, 0.05) is 11.6 Å². The fourth-order valence-electron chi connectivity index (χ4n) is 1.78. The predicted octanol–water partition coefficient (Wildman–Crippen LogP) is 2.40. The molecule has 0 saturated carbocycles. The average molecular weight is 273 g/mol. The van der Waals surface area contributed by atoms with E-state index in [-0.39, 0.29) is 5.91 Å². The standard InChI is InChI=1S/C13H11N3O2S/c14-10-9-4-1-5-15-13(9)19-11(10)12(17)16-7-8-3-2-6-18-8/h1-6H,7,14H2,(H,16,17). The van der Waals surface area contributed by atoms with Crippen LogP contribution in [0.15, 0.2) is 41.1 Å². The van der Waals surface area contributed by atoms with Crippen molar-refractivity contribution in [3.05, 3.63) is 47.4 Å². The van der Waals surface area contributed by atoms with Crippen molar-refractivity contribution < 1.29 is 9.21 Å². The second-order valence-electron chi connectivity index (χ2n) is 3.96. The van der Waals surface area contributed by atoms with Gasteiger partial charge in [-0.05, 0) is 24.3 Å². The van der Waals surface area contributed by atoms with Gasteiger partial charge in [-0.2, -0.15) is 0 Å². The summed E-state index contributed by atoms with van der Waals surface area (Å²) in [5.74, 6) is 0.489. The lowest BCUT2D eigenvalue weighted by molar-refractivity contribution is 0.0953. The monoisotopic (exact) mass is 273 g/mol. The summed E-state index contributed by atoms with van der Waals surface area (Å²) in [6, 6.07) is 7.24. The quantitative estimate of drug-likeness (QED) is 0.767. The Bertz CT molecular complexity index is 719. The van der Waals surface area contributed by atoms with E-state index in [1.54, 1.807) is 30.7 Å². The lowest BCUT2D eigenvalue weighted by Gasteiger charge is -2.01. The zero-order chi connectivity index (χ0) is 13.2. The average Bonchev–Trinajstić information content (AvgIpc) is 3.05. The summed E-state index contributed by atoms with van der Waals surface area (Å²) in [6.45, 7) is 0.340. The number of furan rings is 1. The highest BCUT2D eigenvalue weighted by molar-refractivity contribution is 7.21. The summed E-state index contributed by atoms with van der Waals surface area (Å²) in [4.78, 5) is 17.5. The van der Waals surface area contributed by atoms with E-state index in [0.29, 0.717) is 22.9 Å². The SMILES string of the molecule is Nc1c(C(=O)NCc2ccco2)sc2ncccc12. The molecular formula is C13H11N3O2S. The smallest absolute Gasteiger partial charge is 0.263 e. The molecule has 0 unspecified atom stereocenters. The van der Waals surface area contributed by atoms with Gasteiger partial charge in [-0.3, -0.25) is 4.79 Å². The van der Waals surface area contributed by atoms with Gasteiger partial charge in [0.05, 0.1) is 18.5 Å². The molecule has 3 rings (SSSR count). The summed E-state index contributed by atoms with van der Waals surface area (Å²) in [6.07, 6.45) is 3.25. The Hall–Kier alpha value is -2.34. The predicted molar refractivity (Wildman–Crippen MR) is 73.9 cm³/mol. The van der Waals surface area contributed by atoms with Crippen LogP contribution in [0.3, 0.4) is 0 Å². The Kier molecular flexibility index (Phi) is 2.92. The number of carbonyl (C=O) groups is 1. The number of hydrogen-bond donors (Lipinski definition) is 2. The van der Waals surface area contributed by atoms with Crippen molar-refractivity contribution >= 4 is 33.1 Å². The van der Waals surface area contributed by atoms with Crippen molar-refractivity contribution in [3.8, 4) is 0 Å². The number of amides is 1. The molecule has 0 saturated heterocycles. The van der Waals surface area contributed by atoms with Gasteiger partial charge in [-0.15, -0.1) is 11.3 Å². The zero-order valence-electron chi connectivity index (χ0n) is 9.92. The number of nitrogens with two attached hydrogens (primary N) is 1. The van der Waals surface area contributed by atoms with Gasteiger partial charge in [0.2, 0.25) is 0 Å². The van der Waals surface area contributed by atoms with Gasteiger partial charge in [0.15, 0.2) is 0 Å². The Morgan fingerprint density at radius 2 is 2.32 bits per heavy atom. The summed E-state index contributed by atoms with van der Waals surface area (Å²) in [5, 5.41) is 3.59. The Balaban J connectivity index is 1.83. The van der Waals surface area contributed by atoms with Crippen molar-refractivity contribution in [2.24, 2.45) is 0 Å². The van der Waals surface area contributed by atoms with Crippen molar-refractivity contribution in [3.63, 3.8) is 0 Å². The highest BCUT2D eigenvalue weighted by Crippen LogP contribution is 2.31. The third-order valence-electron chi connectivity index (χ3n) is 2.71. The van der Waals surface area contributed by atoms with Crippen LogP contribution in [0.4, 0.5) is 5.69 Å². The van der Waals surface area contributed by atoms with E-state index in [1.165, 1.54) is 11.3 Å². The maximum absolute atomic E-state index is 12.1. The first-order valence-electron chi connectivity index (χ1n) is 5.69. The van der Waals surface area contributed by atoms with Crippen LogP contribution in [-0.4, -0.2) is 10.9 Å². The van der Waals surface area contributed by atoms with Crippen LogP contribution in [0.5, 0.6) is 0 Å². The number of thiophene rings is 1. The van der Waals surface area contributed by atoms with Crippen LogP contribution < -0.4 is 11.1 Å². The number of carbonyl (C=O) groups excluding carboxylic acids is 1. The molecule has 0 spiro atoms. The first kappa shape index (κ1) is 11.7. The molecule has 3 aromatic rings. The molecule has 0 radical (unpaired) electrons. The molecule has 19 heavy (non-hydrogen) atoms. The van der Waals surface area contributed by atoms with Gasteiger partial charge < -0.3 is 15.5 Å². The summed E-state index contributed by atoms with van der Waals surface area (Å²) >= 11 is 1.29. The molecular weight excluding hydrogens is 262 g/mol. The minimum absolute atomic E-state index is 0.211. The van der Waals surface area contributed by atoms with Gasteiger partial charge in [0.25, 0.3) is 5.91 Å². The zero-order valence-corrected chi connectivity index (χ0v) is 10.7. The molecule has 0 aliphatic carbocycles. The number of anilines is 1. The molecule has 3 N–H and O–H groups in total. The van der Waals surface area contributed by atoms with Gasteiger partial charge in [0.1, 0.15) is 15.5 Å². The van der Waals surface area contributed by atoms with Crippen molar-refractivity contribution in [2.75, 3.05) is 5.73 Å². The van der Waals surface area contributed by atoms with Crippen LogP contribution in [0.1, 0.15) is 15.4 Å². The normalized spacial score (nSPS) is 10.7. The second kappa shape index (κ2) is 4.74. The lowest BCUT2D eigenvalue weighted by atomic mass is 10.2. The van der Waals surface area contributed by atoms with Crippen LogP contribution in [0.2, 0.25) is 0 Å². The molecule has 3 heterocycles. The van der Waals surface area contributed by atoms with E-state index in [4.69, 9.17) is 10.2 Å². The highest BCUT2D eigenvalue weighted by atomic mass is 32.1. The Morgan fingerprint density at radius 3 is 3.05 bits per heavy atom. The highest BCUT2D eigenvalue weighted by Gasteiger charge is 2.16. The molecule has 5 nitrogen and oxygen atoms in total. The van der Waals surface area contributed by atoms with E-state index in [9.17, 15) is 4.79 Å². The number of pyridine rings is 1. The van der Waals surface area contributed by atoms with E-state index in [2.05, 4.69) is 10.3 Å². The molecule has 0 bridgehead atoms. The van der Waals surface area contributed by atoms with Crippen LogP contribution in [0, 0.1) is 0 Å². The van der Waals surface area contributed by atoms with Crippen molar-refractivity contribution in [1.82, 2.24) is 10.3 Å². The third-order valence-corrected chi connectivity index (χ3v) is 3.84. The van der Waals surface area contributed by atoms with E-state index >= 15 is 0 Å². The molecule has 96 valence electrons. The van der Waals surface area contributed by atoms with Gasteiger partial charge in [-0.1, -0.05) is 0 Å². The molecule has 6 heteroatoms. The summed E-state index contributed by atoms with van der Waals surface area (Å²) < 4.78 is 5.15. The van der Waals surface area contributed by atoms with E-state index in [1.807, 2.05) is 6.07 Å². The van der Waals surface area contributed by atoms with E-state index in [0.717, 1.165) is 10.2 Å². The number of hydrogen-bond acceptors (Lipinski definition) is 5. The number of rotatable bonds is 3. The largest absolute Gasteiger partial charge is 0.467 e. The fraction of sp³-hybridized carbons (Fsp3) is 0.0769. The molecule has 0 aliphatic heterocycles. The van der Waals surface area contributed by atoms with Crippen molar-refractivity contribution in [2.45, 2.75) is 6.54 Å². The molecule has 0 fully saturated rings. The molecule has 0 atom stereocenters. The summed E-state index contributed by atoms with van der Waals surface area (Å²) in [5.41, 5.74) is 6.45. The number of nitrogen functional groups attached to an aromatic ring is 1. The van der Waals surface area contributed by atoms with E-state index < -0.39 is 0 Å². The molecule has 0 aromatic carbocycles. The Labute approximate surface area is 113 Å². The Morgan fingerprint density at radius 1 is 1.42 bits per heavy atom. The second-order valence-corrected chi connectivity index (χ2v) is 4.96. The number of fused-ring (bicyclic) bond motifs is 1. The molecule has 0 aliphatic rings. The minimum Gasteiger partial charge on any atom is -0.467 e. The molecule has 3 aromatic heterocycles. The first-order valence-corrected chi connectivity index (χ1v) is 6.51. The fourth-order valence-corrected chi connectivity index (χ4v) is 2.76. The number of nitrogens with zero attached hydrogens (tertiary/aromatic N) is 1. The van der Waals surface area contributed by atoms with Crippen molar-refractivity contribution in [1.29, 1.82) is 0 Å². The van der Waals surface area contributed by atoms with Crippen LogP contribution >= 0.6 is 11.3 Å². The van der Waals surface area contributed by atoms with Crippen LogP contribution in [-0.2, 0) is 6.54 Å².